The van der Waals surface area contributed by atoms with Crippen molar-refractivity contribution in [2.45, 2.75) is 20.4 Å². The highest BCUT2D eigenvalue weighted by molar-refractivity contribution is 9.10. The van der Waals surface area contributed by atoms with E-state index in [0.29, 0.717) is 6.54 Å². The molecule has 19 heavy (non-hydrogen) atoms. The lowest BCUT2D eigenvalue weighted by Gasteiger charge is -2.12. The lowest BCUT2D eigenvalue weighted by molar-refractivity contribution is 0.475. The molecule has 4 heteroatoms. The quantitative estimate of drug-likeness (QED) is 0.856. The number of benzene rings is 2. The van der Waals surface area contributed by atoms with Crippen LogP contribution >= 0.6 is 27.5 Å². The van der Waals surface area contributed by atoms with E-state index in [1.165, 1.54) is 0 Å². The molecule has 2 nitrogen and oxygen atoms in total. The minimum absolute atomic E-state index is 0.431. The maximum atomic E-state index is 6.15. The highest BCUT2D eigenvalue weighted by atomic mass is 79.9. The largest absolute Gasteiger partial charge is 0.457 e. The predicted molar refractivity (Wildman–Crippen MR) is 83.0 cm³/mol. The number of aryl methyl sites for hydroxylation is 2. The summed E-state index contributed by atoms with van der Waals surface area (Å²) in [7, 11) is 0. The van der Waals surface area contributed by atoms with Crippen LogP contribution in [0.3, 0.4) is 0 Å². The van der Waals surface area contributed by atoms with Gasteiger partial charge in [-0.3, -0.25) is 0 Å². The molecule has 0 aliphatic heterocycles. The second-order valence-corrected chi connectivity index (χ2v) is 5.72. The van der Waals surface area contributed by atoms with Crippen LogP contribution in [0.2, 0.25) is 5.02 Å². The van der Waals surface area contributed by atoms with Gasteiger partial charge in [0.05, 0.1) is 0 Å². The number of halogens is 2. The van der Waals surface area contributed by atoms with Gasteiger partial charge in [0.25, 0.3) is 0 Å². The number of nitrogens with two attached hydrogens (primary N) is 1. The summed E-state index contributed by atoms with van der Waals surface area (Å²) in [5.74, 6) is 1.54. The van der Waals surface area contributed by atoms with Crippen LogP contribution in [0, 0.1) is 13.8 Å². The van der Waals surface area contributed by atoms with Gasteiger partial charge in [-0.15, -0.1) is 0 Å². The summed E-state index contributed by atoms with van der Waals surface area (Å²) in [4.78, 5) is 0. The van der Waals surface area contributed by atoms with Gasteiger partial charge in [-0.1, -0.05) is 27.5 Å². The van der Waals surface area contributed by atoms with Gasteiger partial charge in [0.15, 0.2) is 0 Å². The molecule has 2 rings (SSSR count). The molecule has 0 amide bonds. The fourth-order valence-corrected chi connectivity index (χ4v) is 2.42. The molecule has 2 aromatic carbocycles. The summed E-state index contributed by atoms with van der Waals surface area (Å²) < 4.78 is 6.90. The first kappa shape index (κ1) is 14.4. The van der Waals surface area contributed by atoms with Crippen molar-refractivity contribution in [1.82, 2.24) is 0 Å². The first-order valence-electron chi connectivity index (χ1n) is 5.94. The molecule has 0 saturated heterocycles. The molecule has 0 heterocycles. The Morgan fingerprint density at radius 3 is 2.37 bits per heavy atom. The molecule has 0 aliphatic carbocycles. The number of hydrogen-bond donors (Lipinski definition) is 1. The highest BCUT2D eigenvalue weighted by Gasteiger charge is 2.07. The summed E-state index contributed by atoms with van der Waals surface area (Å²) in [6, 6.07) is 9.66. The zero-order valence-electron chi connectivity index (χ0n) is 10.8. The highest BCUT2D eigenvalue weighted by Crippen LogP contribution is 2.31. The summed E-state index contributed by atoms with van der Waals surface area (Å²) >= 11 is 9.58. The number of hydrogen-bond acceptors (Lipinski definition) is 2. The topological polar surface area (TPSA) is 35.2 Å². The van der Waals surface area contributed by atoms with Gasteiger partial charge in [0, 0.05) is 21.6 Å². The van der Waals surface area contributed by atoms with E-state index in [2.05, 4.69) is 15.9 Å². The first-order chi connectivity index (χ1) is 9.01. The summed E-state index contributed by atoms with van der Waals surface area (Å²) in [5.41, 5.74) is 8.70. The van der Waals surface area contributed by atoms with Gasteiger partial charge in [-0.2, -0.15) is 0 Å². The molecular weight excluding hydrogens is 326 g/mol. The van der Waals surface area contributed by atoms with Crippen molar-refractivity contribution in [3.8, 4) is 11.5 Å². The Hall–Kier alpha value is -1.03. The van der Waals surface area contributed by atoms with E-state index in [1.54, 1.807) is 0 Å². The average Bonchev–Trinajstić information content (AvgIpc) is 2.38. The molecule has 100 valence electrons. The Balaban J connectivity index is 2.36. The SMILES string of the molecule is Cc1cc(Oc2ccc(Br)cc2CN)cc(C)c1Cl. The third-order valence-corrected chi connectivity index (χ3v) is 3.97. The van der Waals surface area contributed by atoms with Gasteiger partial charge in [0.2, 0.25) is 0 Å². The van der Waals surface area contributed by atoms with Crippen LogP contribution in [0.4, 0.5) is 0 Å². The molecule has 0 atom stereocenters. The lowest BCUT2D eigenvalue weighted by atomic mass is 10.1. The number of ether oxygens (including phenoxy) is 1. The smallest absolute Gasteiger partial charge is 0.131 e. The second kappa shape index (κ2) is 5.95. The molecule has 0 unspecified atom stereocenters. The zero-order chi connectivity index (χ0) is 14.0. The molecule has 0 aliphatic rings. The van der Waals surface area contributed by atoms with Crippen molar-refractivity contribution < 1.29 is 4.74 Å². The van der Waals surface area contributed by atoms with Crippen LogP contribution in [-0.4, -0.2) is 0 Å². The van der Waals surface area contributed by atoms with E-state index in [4.69, 9.17) is 22.1 Å². The molecule has 0 aromatic heterocycles. The van der Waals surface area contributed by atoms with E-state index < -0.39 is 0 Å². The lowest BCUT2D eigenvalue weighted by Crippen LogP contribution is -1.99. The maximum absolute atomic E-state index is 6.15. The van der Waals surface area contributed by atoms with Gasteiger partial charge in [0.1, 0.15) is 11.5 Å². The van der Waals surface area contributed by atoms with Crippen molar-refractivity contribution in [2.24, 2.45) is 5.73 Å². The van der Waals surface area contributed by atoms with E-state index in [1.807, 2.05) is 44.2 Å². The Morgan fingerprint density at radius 1 is 1.16 bits per heavy atom. The molecule has 2 aromatic rings. The third kappa shape index (κ3) is 3.30. The van der Waals surface area contributed by atoms with Crippen molar-refractivity contribution in [3.63, 3.8) is 0 Å². The predicted octanol–water partition coefficient (Wildman–Crippen LogP) is 4.97. The fraction of sp³-hybridized carbons (Fsp3) is 0.200. The molecule has 0 saturated carbocycles. The van der Waals surface area contributed by atoms with E-state index in [-0.39, 0.29) is 0 Å². The van der Waals surface area contributed by atoms with Crippen LogP contribution in [-0.2, 0) is 6.54 Å². The van der Waals surface area contributed by atoms with Gasteiger partial charge >= 0.3 is 0 Å². The van der Waals surface area contributed by atoms with E-state index in [9.17, 15) is 0 Å². The monoisotopic (exact) mass is 339 g/mol. The second-order valence-electron chi connectivity index (χ2n) is 4.43. The van der Waals surface area contributed by atoms with Crippen molar-refractivity contribution in [2.75, 3.05) is 0 Å². The standard InChI is InChI=1S/C15H15BrClNO/c1-9-5-13(6-10(2)15(9)17)19-14-4-3-12(16)7-11(14)8-18/h3-7H,8,18H2,1-2H3. The summed E-state index contributed by atoms with van der Waals surface area (Å²) in [5, 5.41) is 0.780. The number of rotatable bonds is 3. The molecular formula is C15H15BrClNO. The summed E-state index contributed by atoms with van der Waals surface area (Å²) in [6.45, 7) is 4.36. The molecule has 0 spiro atoms. The maximum Gasteiger partial charge on any atom is 0.131 e. The Bertz CT molecular complexity index is 590. The van der Waals surface area contributed by atoms with Crippen molar-refractivity contribution in [3.05, 3.63) is 56.5 Å². The third-order valence-electron chi connectivity index (χ3n) is 2.88. The Kier molecular flexibility index (Phi) is 4.50. The van der Waals surface area contributed by atoms with Gasteiger partial charge in [-0.05, 0) is 55.3 Å². The molecule has 0 radical (unpaired) electrons. The van der Waals surface area contributed by atoms with Gasteiger partial charge in [-0.25, -0.2) is 0 Å². The van der Waals surface area contributed by atoms with Crippen LogP contribution in [0.1, 0.15) is 16.7 Å². The van der Waals surface area contributed by atoms with E-state index >= 15 is 0 Å². The minimum Gasteiger partial charge on any atom is -0.457 e. The normalized spacial score (nSPS) is 10.6. The fourth-order valence-electron chi connectivity index (χ4n) is 1.90. The molecule has 2 N–H and O–H groups in total. The zero-order valence-corrected chi connectivity index (χ0v) is 13.2. The average molecular weight is 341 g/mol. The summed E-state index contributed by atoms with van der Waals surface area (Å²) in [6.07, 6.45) is 0. The molecule has 0 bridgehead atoms. The van der Waals surface area contributed by atoms with Crippen LogP contribution < -0.4 is 10.5 Å². The van der Waals surface area contributed by atoms with Crippen LogP contribution in [0.15, 0.2) is 34.8 Å². The van der Waals surface area contributed by atoms with Crippen LogP contribution in [0.25, 0.3) is 0 Å². The Labute approximate surface area is 126 Å². The van der Waals surface area contributed by atoms with Crippen molar-refractivity contribution >= 4 is 27.5 Å². The van der Waals surface area contributed by atoms with Gasteiger partial charge < -0.3 is 10.5 Å². The molecule has 0 fully saturated rings. The van der Waals surface area contributed by atoms with Crippen molar-refractivity contribution in [1.29, 1.82) is 0 Å². The van der Waals surface area contributed by atoms with E-state index in [0.717, 1.165) is 37.7 Å². The van der Waals surface area contributed by atoms with Crippen LogP contribution in [0.5, 0.6) is 11.5 Å². The Morgan fingerprint density at radius 2 is 1.79 bits per heavy atom. The minimum atomic E-state index is 0.431. The first-order valence-corrected chi connectivity index (χ1v) is 7.11.